The number of anilines is 2. The van der Waals surface area contributed by atoms with Gasteiger partial charge in [0.25, 0.3) is 0 Å². The van der Waals surface area contributed by atoms with E-state index >= 15 is 0 Å². The van der Waals surface area contributed by atoms with Crippen molar-refractivity contribution in [3.63, 3.8) is 0 Å². The molecule has 9 heteroatoms. The van der Waals surface area contributed by atoms with E-state index in [0.29, 0.717) is 56.5 Å². The largest absolute Gasteiger partial charge is 0.466 e. The van der Waals surface area contributed by atoms with Crippen molar-refractivity contribution in [2.24, 2.45) is 5.92 Å². The summed E-state index contributed by atoms with van der Waals surface area (Å²) in [5, 5.41) is 4.21. The zero-order chi connectivity index (χ0) is 23.5. The van der Waals surface area contributed by atoms with Gasteiger partial charge >= 0.3 is 5.97 Å². The molecule has 2 aliphatic rings. The number of aromatic nitrogens is 2. The van der Waals surface area contributed by atoms with Crippen molar-refractivity contribution in [3.8, 4) is 11.5 Å². The fraction of sp³-hybridized carbons (Fsp3) is 0.360. The van der Waals surface area contributed by atoms with Gasteiger partial charge in [0.15, 0.2) is 17.2 Å². The Morgan fingerprint density at radius 1 is 1.18 bits per heavy atom. The molecule has 2 aromatic carbocycles. The van der Waals surface area contributed by atoms with Crippen LogP contribution >= 0.6 is 0 Å². The third-order valence-corrected chi connectivity index (χ3v) is 6.09. The predicted octanol–water partition coefficient (Wildman–Crippen LogP) is 4.30. The second-order valence-electron chi connectivity index (χ2n) is 8.24. The van der Waals surface area contributed by atoms with E-state index in [0.717, 1.165) is 28.0 Å². The molecular formula is C25H25N5O4. The number of hydrogen-bond acceptors (Lipinski definition) is 8. The number of carbonyl (C=O) groups is 1. The molecule has 1 saturated heterocycles. The van der Waals surface area contributed by atoms with Gasteiger partial charge in [-0.25, -0.2) is 9.83 Å². The van der Waals surface area contributed by atoms with Crippen LogP contribution in [-0.2, 0) is 16.1 Å². The number of esters is 1. The number of nitrogens with one attached hydrogen (secondary N) is 1. The third kappa shape index (κ3) is 4.39. The molecule has 0 aliphatic carbocycles. The molecule has 0 saturated carbocycles. The molecule has 174 valence electrons. The van der Waals surface area contributed by atoms with E-state index in [1.54, 1.807) is 12.1 Å². The fourth-order valence-electron chi connectivity index (χ4n) is 4.26. The lowest BCUT2D eigenvalue weighted by atomic mass is 9.97. The summed E-state index contributed by atoms with van der Waals surface area (Å²) in [7, 11) is 0. The summed E-state index contributed by atoms with van der Waals surface area (Å²) >= 11 is 0. The summed E-state index contributed by atoms with van der Waals surface area (Å²) in [6.45, 7) is 11.7. The number of piperidine rings is 1. The van der Waals surface area contributed by atoms with Crippen LogP contribution in [0.1, 0.15) is 25.3 Å². The minimum atomic E-state index is -0.126. The molecule has 3 heterocycles. The van der Waals surface area contributed by atoms with E-state index in [1.165, 1.54) is 0 Å². The number of benzene rings is 2. The van der Waals surface area contributed by atoms with Crippen LogP contribution < -0.4 is 19.7 Å². The maximum atomic E-state index is 12.1. The van der Waals surface area contributed by atoms with Crippen LogP contribution in [0.3, 0.4) is 0 Å². The van der Waals surface area contributed by atoms with Gasteiger partial charge in [-0.1, -0.05) is 12.1 Å². The van der Waals surface area contributed by atoms with Crippen molar-refractivity contribution >= 4 is 34.3 Å². The van der Waals surface area contributed by atoms with Gasteiger partial charge < -0.3 is 24.4 Å². The topological polar surface area (TPSA) is 90.2 Å². The van der Waals surface area contributed by atoms with Gasteiger partial charge in [-0.05, 0) is 49.6 Å². The Labute approximate surface area is 197 Å². The highest BCUT2D eigenvalue weighted by Crippen LogP contribution is 2.33. The Morgan fingerprint density at radius 2 is 2.00 bits per heavy atom. The predicted molar refractivity (Wildman–Crippen MR) is 127 cm³/mol. The Balaban J connectivity index is 1.39. The minimum absolute atomic E-state index is 0.0820. The molecule has 3 aromatic rings. The first-order valence-corrected chi connectivity index (χ1v) is 11.4. The summed E-state index contributed by atoms with van der Waals surface area (Å²) in [5.41, 5.74) is 2.32. The van der Waals surface area contributed by atoms with Gasteiger partial charge in [-0.2, -0.15) is 4.98 Å². The smallest absolute Gasteiger partial charge is 0.309 e. The molecular weight excluding hydrogens is 434 g/mol. The van der Waals surface area contributed by atoms with Gasteiger partial charge in [0, 0.05) is 25.0 Å². The van der Waals surface area contributed by atoms with Crippen LogP contribution in [0.2, 0.25) is 0 Å². The molecule has 1 N–H and O–H groups in total. The van der Waals surface area contributed by atoms with E-state index < -0.39 is 0 Å². The van der Waals surface area contributed by atoms with E-state index in [4.69, 9.17) is 30.8 Å². The first-order chi connectivity index (χ1) is 16.6. The van der Waals surface area contributed by atoms with Crippen molar-refractivity contribution in [3.05, 3.63) is 53.4 Å². The molecule has 0 spiro atoms. The van der Waals surface area contributed by atoms with Crippen molar-refractivity contribution in [2.45, 2.75) is 26.3 Å². The quantitative estimate of drug-likeness (QED) is 0.431. The Bertz CT molecular complexity index is 1260. The van der Waals surface area contributed by atoms with E-state index in [9.17, 15) is 4.79 Å². The molecule has 2 aliphatic heterocycles. The molecule has 5 rings (SSSR count). The lowest BCUT2D eigenvalue weighted by molar-refractivity contribution is -0.148. The maximum Gasteiger partial charge on any atom is 0.309 e. The number of hydrogen-bond donors (Lipinski definition) is 1. The number of nitrogens with zero attached hydrogens (tertiary/aromatic N) is 4. The van der Waals surface area contributed by atoms with Crippen LogP contribution in [0.25, 0.3) is 15.7 Å². The van der Waals surface area contributed by atoms with Crippen molar-refractivity contribution < 1.29 is 19.0 Å². The number of ether oxygens (including phenoxy) is 3. The second-order valence-corrected chi connectivity index (χ2v) is 8.24. The molecule has 0 radical (unpaired) electrons. The van der Waals surface area contributed by atoms with Crippen molar-refractivity contribution in [1.82, 2.24) is 9.97 Å². The first kappa shape index (κ1) is 21.8. The minimum Gasteiger partial charge on any atom is -0.466 e. The average molecular weight is 460 g/mol. The Hall–Kier alpha value is -4.06. The lowest BCUT2D eigenvalue weighted by Gasteiger charge is -2.31. The molecule has 1 fully saturated rings. The molecule has 0 bridgehead atoms. The number of fused-ring (bicyclic) bond motifs is 2. The molecule has 1 aromatic heterocycles. The highest BCUT2D eigenvalue weighted by molar-refractivity contribution is 5.92. The van der Waals surface area contributed by atoms with Crippen molar-refractivity contribution in [2.75, 3.05) is 36.7 Å². The SMILES string of the molecule is [C-]#[N+]c1ccc2nc(N3CCC(C(=O)OCC)CC3)nc(NCc3ccc4c(c3)OCO4)c2c1. The first-order valence-electron chi connectivity index (χ1n) is 11.4. The number of carbonyl (C=O) groups excluding carboxylic acids is 1. The van der Waals surface area contributed by atoms with Crippen LogP contribution in [0, 0.1) is 12.5 Å². The van der Waals surface area contributed by atoms with Gasteiger partial charge in [0.1, 0.15) is 5.82 Å². The molecule has 34 heavy (non-hydrogen) atoms. The summed E-state index contributed by atoms with van der Waals surface area (Å²) in [6.07, 6.45) is 1.41. The zero-order valence-electron chi connectivity index (χ0n) is 18.9. The lowest BCUT2D eigenvalue weighted by Crippen LogP contribution is -2.38. The summed E-state index contributed by atoms with van der Waals surface area (Å²) in [5.74, 6) is 2.54. The molecule has 9 nitrogen and oxygen atoms in total. The summed E-state index contributed by atoms with van der Waals surface area (Å²) in [6, 6.07) is 11.3. The Kier molecular flexibility index (Phi) is 6.04. The van der Waals surface area contributed by atoms with Crippen LogP contribution in [0.15, 0.2) is 36.4 Å². The molecule has 0 atom stereocenters. The van der Waals surface area contributed by atoms with Gasteiger partial charge in [0.2, 0.25) is 12.7 Å². The Morgan fingerprint density at radius 3 is 2.79 bits per heavy atom. The van der Waals surface area contributed by atoms with Gasteiger partial charge in [-0.15, -0.1) is 0 Å². The monoisotopic (exact) mass is 459 g/mol. The van der Waals surface area contributed by atoms with E-state index in [2.05, 4.69) is 15.1 Å². The average Bonchev–Trinajstić information content (AvgIpc) is 3.35. The van der Waals surface area contributed by atoms with Crippen LogP contribution in [-0.4, -0.2) is 42.4 Å². The highest BCUT2D eigenvalue weighted by atomic mass is 16.7. The summed E-state index contributed by atoms with van der Waals surface area (Å²) < 4.78 is 16.1. The zero-order valence-corrected chi connectivity index (χ0v) is 18.9. The normalized spacial score (nSPS) is 15.2. The van der Waals surface area contributed by atoms with Gasteiger partial charge in [0.05, 0.1) is 24.6 Å². The number of rotatable bonds is 6. The van der Waals surface area contributed by atoms with Gasteiger partial charge in [-0.3, -0.25) is 4.79 Å². The second kappa shape index (κ2) is 9.43. The highest BCUT2D eigenvalue weighted by Gasteiger charge is 2.27. The molecule has 0 amide bonds. The van der Waals surface area contributed by atoms with E-state index in [-0.39, 0.29) is 18.7 Å². The fourth-order valence-corrected chi connectivity index (χ4v) is 4.26. The van der Waals surface area contributed by atoms with Crippen LogP contribution in [0.4, 0.5) is 17.5 Å². The molecule has 0 unspecified atom stereocenters. The maximum absolute atomic E-state index is 12.1. The van der Waals surface area contributed by atoms with Crippen LogP contribution in [0.5, 0.6) is 11.5 Å². The van der Waals surface area contributed by atoms with Crippen molar-refractivity contribution in [1.29, 1.82) is 0 Å². The standard InChI is InChI=1S/C25H25N5O4/c1-3-32-24(31)17-8-10-30(11-9-17)25-28-20-6-5-18(26-2)13-19(20)23(29-25)27-14-16-4-7-21-22(12-16)34-15-33-21/h4-7,12-13,17H,3,8-11,14-15H2,1H3,(H,27,28,29). The third-order valence-electron chi connectivity index (χ3n) is 6.09. The van der Waals surface area contributed by atoms with E-state index in [1.807, 2.05) is 31.2 Å². The summed E-state index contributed by atoms with van der Waals surface area (Å²) in [4.78, 5) is 27.3.